The van der Waals surface area contributed by atoms with Crippen LogP contribution in [0.5, 0.6) is 11.5 Å². The largest absolute Gasteiger partial charge is 0.508 e. The SMILES string of the molecule is CC(C)n1cc(COc2ccccc2Cl)c2ccc(O)cc21. The molecule has 2 aromatic carbocycles. The Kier molecular flexibility index (Phi) is 3.99. The molecule has 0 atom stereocenters. The summed E-state index contributed by atoms with van der Waals surface area (Å²) in [6, 6.07) is 13.2. The number of aromatic nitrogens is 1. The molecule has 0 aliphatic rings. The van der Waals surface area contributed by atoms with E-state index in [0.29, 0.717) is 23.4 Å². The van der Waals surface area contributed by atoms with Gasteiger partial charge in [0, 0.05) is 29.3 Å². The van der Waals surface area contributed by atoms with E-state index in [-0.39, 0.29) is 5.75 Å². The van der Waals surface area contributed by atoms with E-state index in [1.165, 1.54) is 0 Å². The molecule has 4 heteroatoms. The number of aromatic hydroxyl groups is 1. The minimum absolute atomic E-state index is 0.270. The van der Waals surface area contributed by atoms with Crippen molar-refractivity contribution >= 4 is 22.5 Å². The molecule has 3 nitrogen and oxygen atoms in total. The normalized spacial score (nSPS) is 11.3. The maximum absolute atomic E-state index is 9.73. The molecule has 0 amide bonds. The first-order chi connectivity index (χ1) is 10.6. The highest BCUT2D eigenvalue weighted by molar-refractivity contribution is 6.32. The second-order valence-corrected chi connectivity index (χ2v) is 5.98. The summed E-state index contributed by atoms with van der Waals surface area (Å²) >= 11 is 6.12. The lowest BCUT2D eigenvalue weighted by Crippen LogP contribution is -1.98. The van der Waals surface area contributed by atoms with E-state index in [9.17, 15) is 5.11 Å². The molecule has 0 fully saturated rings. The summed E-state index contributed by atoms with van der Waals surface area (Å²) in [4.78, 5) is 0. The van der Waals surface area contributed by atoms with E-state index in [0.717, 1.165) is 16.5 Å². The number of phenolic OH excluding ortho intramolecular Hbond substituents is 1. The molecule has 0 saturated heterocycles. The van der Waals surface area contributed by atoms with Gasteiger partial charge in [-0.15, -0.1) is 0 Å². The van der Waals surface area contributed by atoms with Crippen LogP contribution in [0.1, 0.15) is 25.5 Å². The Balaban J connectivity index is 1.96. The number of hydrogen-bond donors (Lipinski definition) is 1. The molecular weight excluding hydrogens is 298 g/mol. The third-order valence-corrected chi connectivity index (χ3v) is 3.99. The highest BCUT2D eigenvalue weighted by Crippen LogP contribution is 2.30. The van der Waals surface area contributed by atoms with Gasteiger partial charge in [-0.2, -0.15) is 0 Å². The molecule has 3 rings (SSSR count). The summed E-state index contributed by atoms with van der Waals surface area (Å²) in [5.74, 6) is 0.944. The molecule has 0 bridgehead atoms. The molecule has 0 saturated carbocycles. The summed E-state index contributed by atoms with van der Waals surface area (Å²) in [6.45, 7) is 4.66. The summed E-state index contributed by atoms with van der Waals surface area (Å²) in [7, 11) is 0. The van der Waals surface area contributed by atoms with Gasteiger partial charge < -0.3 is 14.4 Å². The molecule has 114 valence electrons. The predicted molar refractivity (Wildman–Crippen MR) is 89.8 cm³/mol. The van der Waals surface area contributed by atoms with E-state index in [1.807, 2.05) is 30.3 Å². The zero-order valence-electron chi connectivity index (χ0n) is 12.6. The highest BCUT2D eigenvalue weighted by atomic mass is 35.5. The van der Waals surface area contributed by atoms with E-state index < -0.39 is 0 Å². The molecule has 0 radical (unpaired) electrons. The molecule has 1 N–H and O–H groups in total. The molecule has 0 spiro atoms. The van der Waals surface area contributed by atoms with Crippen LogP contribution in [-0.2, 0) is 6.61 Å². The first-order valence-electron chi connectivity index (χ1n) is 7.26. The van der Waals surface area contributed by atoms with Crippen molar-refractivity contribution in [1.29, 1.82) is 0 Å². The monoisotopic (exact) mass is 315 g/mol. The van der Waals surface area contributed by atoms with Crippen LogP contribution in [0.2, 0.25) is 5.02 Å². The minimum atomic E-state index is 0.270. The third-order valence-electron chi connectivity index (χ3n) is 3.68. The zero-order chi connectivity index (χ0) is 15.7. The predicted octanol–water partition coefficient (Wildman–Crippen LogP) is 5.16. The minimum Gasteiger partial charge on any atom is -0.508 e. The number of para-hydroxylation sites is 1. The van der Waals surface area contributed by atoms with E-state index in [2.05, 4.69) is 24.6 Å². The Bertz CT molecular complexity index is 808. The van der Waals surface area contributed by atoms with Gasteiger partial charge in [0.25, 0.3) is 0 Å². The lowest BCUT2D eigenvalue weighted by Gasteiger charge is -2.09. The van der Waals surface area contributed by atoms with Crippen LogP contribution in [0, 0.1) is 0 Å². The summed E-state index contributed by atoms with van der Waals surface area (Å²) in [5.41, 5.74) is 2.08. The first-order valence-corrected chi connectivity index (χ1v) is 7.64. The Morgan fingerprint density at radius 2 is 1.95 bits per heavy atom. The van der Waals surface area contributed by atoms with Crippen LogP contribution in [-0.4, -0.2) is 9.67 Å². The lowest BCUT2D eigenvalue weighted by molar-refractivity contribution is 0.307. The van der Waals surface area contributed by atoms with Gasteiger partial charge >= 0.3 is 0 Å². The van der Waals surface area contributed by atoms with E-state index in [1.54, 1.807) is 12.1 Å². The van der Waals surface area contributed by atoms with Crippen molar-refractivity contribution in [3.63, 3.8) is 0 Å². The van der Waals surface area contributed by atoms with Crippen LogP contribution in [0.4, 0.5) is 0 Å². The van der Waals surface area contributed by atoms with Gasteiger partial charge in [0.05, 0.1) is 10.5 Å². The number of ether oxygens (including phenoxy) is 1. The maximum Gasteiger partial charge on any atom is 0.138 e. The number of phenols is 1. The molecule has 0 aliphatic carbocycles. The van der Waals surface area contributed by atoms with Crippen molar-refractivity contribution in [2.24, 2.45) is 0 Å². The standard InChI is InChI=1S/C18H18ClNO2/c1-12(2)20-10-13(15-8-7-14(21)9-17(15)20)11-22-18-6-4-3-5-16(18)19/h3-10,12,21H,11H2,1-2H3. The van der Waals surface area contributed by atoms with Gasteiger partial charge in [-0.25, -0.2) is 0 Å². The summed E-state index contributed by atoms with van der Waals surface area (Å²) in [5, 5.41) is 11.4. The van der Waals surface area contributed by atoms with Gasteiger partial charge in [0.1, 0.15) is 18.1 Å². The fraction of sp³-hybridized carbons (Fsp3) is 0.222. The van der Waals surface area contributed by atoms with E-state index in [4.69, 9.17) is 16.3 Å². The van der Waals surface area contributed by atoms with Crippen LogP contribution in [0.25, 0.3) is 10.9 Å². The Morgan fingerprint density at radius 3 is 2.68 bits per heavy atom. The average Bonchev–Trinajstić information content (AvgIpc) is 2.84. The highest BCUT2D eigenvalue weighted by Gasteiger charge is 2.12. The second-order valence-electron chi connectivity index (χ2n) is 5.58. The van der Waals surface area contributed by atoms with Crippen LogP contribution in [0.15, 0.2) is 48.7 Å². The fourth-order valence-electron chi connectivity index (χ4n) is 2.57. The van der Waals surface area contributed by atoms with Gasteiger partial charge in [0.2, 0.25) is 0 Å². The molecule has 0 unspecified atom stereocenters. The number of fused-ring (bicyclic) bond motifs is 1. The Hall–Kier alpha value is -2.13. The molecule has 1 aromatic heterocycles. The quantitative estimate of drug-likeness (QED) is 0.721. The van der Waals surface area contributed by atoms with E-state index >= 15 is 0 Å². The number of halogens is 1. The molecular formula is C18H18ClNO2. The van der Waals surface area contributed by atoms with Crippen LogP contribution in [0.3, 0.4) is 0 Å². The van der Waals surface area contributed by atoms with Crippen LogP contribution < -0.4 is 4.74 Å². The van der Waals surface area contributed by atoms with Crippen molar-refractivity contribution in [1.82, 2.24) is 4.57 Å². The number of hydrogen-bond acceptors (Lipinski definition) is 2. The number of rotatable bonds is 4. The summed E-state index contributed by atoms with van der Waals surface area (Å²) in [6.07, 6.45) is 2.08. The average molecular weight is 316 g/mol. The third kappa shape index (κ3) is 2.77. The van der Waals surface area contributed by atoms with Crippen molar-refractivity contribution in [3.05, 3.63) is 59.2 Å². The maximum atomic E-state index is 9.73. The number of benzene rings is 2. The Labute approximate surface area is 134 Å². The van der Waals surface area contributed by atoms with Crippen molar-refractivity contribution in [2.45, 2.75) is 26.5 Å². The van der Waals surface area contributed by atoms with Crippen molar-refractivity contribution in [2.75, 3.05) is 0 Å². The zero-order valence-corrected chi connectivity index (χ0v) is 13.3. The van der Waals surface area contributed by atoms with Crippen molar-refractivity contribution < 1.29 is 9.84 Å². The lowest BCUT2D eigenvalue weighted by atomic mass is 10.2. The topological polar surface area (TPSA) is 34.4 Å². The number of nitrogens with zero attached hydrogens (tertiary/aromatic N) is 1. The molecule has 3 aromatic rings. The molecule has 22 heavy (non-hydrogen) atoms. The second kappa shape index (κ2) is 5.93. The Morgan fingerprint density at radius 1 is 1.18 bits per heavy atom. The van der Waals surface area contributed by atoms with Crippen molar-refractivity contribution in [3.8, 4) is 11.5 Å². The molecule has 0 aliphatic heterocycles. The van der Waals surface area contributed by atoms with Gasteiger partial charge in [-0.1, -0.05) is 23.7 Å². The fourth-order valence-corrected chi connectivity index (χ4v) is 2.76. The van der Waals surface area contributed by atoms with Gasteiger partial charge in [0.15, 0.2) is 0 Å². The summed E-state index contributed by atoms with van der Waals surface area (Å²) < 4.78 is 7.99. The smallest absolute Gasteiger partial charge is 0.138 e. The van der Waals surface area contributed by atoms with Gasteiger partial charge in [-0.05, 0) is 38.1 Å². The molecule has 1 heterocycles. The van der Waals surface area contributed by atoms with Crippen LogP contribution >= 0.6 is 11.6 Å². The van der Waals surface area contributed by atoms with Gasteiger partial charge in [-0.3, -0.25) is 0 Å². The first kappa shape index (κ1) is 14.8.